The lowest BCUT2D eigenvalue weighted by atomic mass is 10.0. The topological polar surface area (TPSA) is 18.5 Å². The highest BCUT2D eigenvalue weighted by molar-refractivity contribution is 6.74. The molecule has 2 atom stereocenters. The Morgan fingerprint density at radius 1 is 0.867 bits per heavy atom. The predicted molar refractivity (Wildman–Crippen MR) is 138 cm³/mol. The highest BCUT2D eigenvalue weighted by Crippen LogP contribution is 2.40. The lowest BCUT2D eigenvalue weighted by molar-refractivity contribution is 0.186. The Kier molecular flexibility index (Phi) is 9.81. The van der Waals surface area contributed by atoms with Crippen molar-refractivity contribution in [3.8, 4) is 0 Å². The maximum atomic E-state index is 6.80. The molecule has 0 bridgehead atoms. The number of benzene rings is 1. The van der Waals surface area contributed by atoms with Gasteiger partial charge in [0.05, 0.1) is 6.10 Å². The van der Waals surface area contributed by atoms with Gasteiger partial charge in [0, 0.05) is 6.61 Å². The lowest BCUT2D eigenvalue weighted by Gasteiger charge is -2.39. The summed E-state index contributed by atoms with van der Waals surface area (Å²) in [6.07, 6.45) is 6.78. The maximum Gasteiger partial charge on any atom is 0.192 e. The molecule has 0 saturated carbocycles. The fourth-order valence-electron chi connectivity index (χ4n) is 2.70. The summed E-state index contributed by atoms with van der Waals surface area (Å²) in [6, 6.07) is 10.7. The van der Waals surface area contributed by atoms with Gasteiger partial charge in [0.25, 0.3) is 0 Å². The average molecular weight is 449 g/mol. The number of allylic oxidation sites excluding steroid dienone is 1. The molecule has 0 unspecified atom stereocenters. The van der Waals surface area contributed by atoms with Crippen LogP contribution in [0.3, 0.4) is 0 Å². The summed E-state index contributed by atoms with van der Waals surface area (Å²) in [5.41, 5.74) is 1.28. The van der Waals surface area contributed by atoms with E-state index in [1.54, 1.807) is 0 Å². The zero-order valence-electron chi connectivity index (χ0n) is 21.6. The zero-order chi connectivity index (χ0) is 23.2. The van der Waals surface area contributed by atoms with Crippen molar-refractivity contribution in [1.29, 1.82) is 0 Å². The van der Waals surface area contributed by atoms with Crippen molar-refractivity contribution in [3.63, 3.8) is 0 Å². The Morgan fingerprint density at radius 3 is 1.90 bits per heavy atom. The first-order chi connectivity index (χ1) is 13.6. The van der Waals surface area contributed by atoms with E-state index in [9.17, 15) is 0 Å². The summed E-state index contributed by atoms with van der Waals surface area (Å²) in [6.45, 7) is 26.3. The van der Waals surface area contributed by atoms with Crippen molar-refractivity contribution >= 4 is 16.6 Å². The Hall–Kier alpha value is -0.686. The molecule has 0 fully saturated rings. The first-order valence-electron chi connectivity index (χ1n) is 11.6. The Bertz CT molecular complexity index is 652. The van der Waals surface area contributed by atoms with Crippen LogP contribution in [0.15, 0.2) is 42.5 Å². The molecule has 0 radical (unpaired) electrons. The SMILES string of the molecule is C[C@@H](/C=C\C[C@@H](O[Si](C)(C)C(C)(C)C)c1ccccc1)CCO[Si](C)(C)C(C)(C)C. The highest BCUT2D eigenvalue weighted by atomic mass is 28.4. The largest absolute Gasteiger partial charge is 0.417 e. The minimum absolute atomic E-state index is 0.124. The van der Waals surface area contributed by atoms with Crippen molar-refractivity contribution < 1.29 is 8.85 Å². The number of hydrogen-bond donors (Lipinski definition) is 0. The molecule has 0 aromatic heterocycles. The van der Waals surface area contributed by atoms with E-state index in [4.69, 9.17) is 8.85 Å². The smallest absolute Gasteiger partial charge is 0.192 e. The third-order valence-electron chi connectivity index (χ3n) is 7.07. The van der Waals surface area contributed by atoms with E-state index in [1.165, 1.54) is 5.56 Å². The highest BCUT2D eigenvalue weighted by Gasteiger charge is 2.39. The molecule has 0 aliphatic rings. The van der Waals surface area contributed by atoms with Gasteiger partial charge in [0.2, 0.25) is 0 Å². The van der Waals surface area contributed by atoms with Gasteiger partial charge in [-0.1, -0.05) is 91.0 Å². The van der Waals surface area contributed by atoms with Gasteiger partial charge < -0.3 is 8.85 Å². The van der Waals surface area contributed by atoms with Crippen molar-refractivity contribution in [3.05, 3.63) is 48.0 Å². The molecule has 2 nitrogen and oxygen atoms in total. The fraction of sp³-hybridized carbons (Fsp3) is 0.692. The van der Waals surface area contributed by atoms with Gasteiger partial charge in [-0.2, -0.15) is 0 Å². The van der Waals surface area contributed by atoms with Gasteiger partial charge in [-0.05, 0) is 60.6 Å². The maximum absolute atomic E-state index is 6.80. The normalized spacial score (nSPS) is 16.1. The van der Waals surface area contributed by atoms with Gasteiger partial charge in [-0.25, -0.2) is 0 Å². The molecular weight excluding hydrogens is 400 g/mol. The van der Waals surface area contributed by atoms with E-state index in [-0.39, 0.29) is 16.2 Å². The summed E-state index contributed by atoms with van der Waals surface area (Å²) < 4.78 is 13.2. The van der Waals surface area contributed by atoms with Gasteiger partial charge in [0.1, 0.15) is 0 Å². The molecule has 4 heteroatoms. The molecule has 0 aliphatic carbocycles. The molecular formula is C26H48O2Si2. The van der Waals surface area contributed by atoms with Crippen LogP contribution in [0.4, 0.5) is 0 Å². The lowest BCUT2D eigenvalue weighted by Crippen LogP contribution is -2.41. The number of hydrogen-bond acceptors (Lipinski definition) is 2. The van der Waals surface area contributed by atoms with E-state index >= 15 is 0 Å². The molecule has 1 aromatic carbocycles. The summed E-state index contributed by atoms with van der Waals surface area (Å²) >= 11 is 0. The summed E-state index contributed by atoms with van der Waals surface area (Å²) in [5, 5.41) is 0.480. The van der Waals surface area contributed by atoms with E-state index in [0.29, 0.717) is 5.92 Å². The van der Waals surface area contributed by atoms with Crippen LogP contribution >= 0.6 is 0 Å². The summed E-state index contributed by atoms with van der Waals surface area (Å²) in [4.78, 5) is 0. The van der Waals surface area contributed by atoms with Gasteiger partial charge >= 0.3 is 0 Å². The molecule has 0 amide bonds. The zero-order valence-corrected chi connectivity index (χ0v) is 23.6. The van der Waals surface area contributed by atoms with Gasteiger partial charge in [0.15, 0.2) is 16.6 Å². The molecule has 0 saturated heterocycles. The second-order valence-corrected chi connectivity index (χ2v) is 21.4. The van der Waals surface area contributed by atoms with Crippen LogP contribution in [0.2, 0.25) is 36.3 Å². The average Bonchev–Trinajstić information content (AvgIpc) is 2.59. The Morgan fingerprint density at radius 2 is 1.40 bits per heavy atom. The van der Waals surface area contributed by atoms with E-state index in [2.05, 4.69) is 117 Å². The molecule has 172 valence electrons. The van der Waals surface area contributed by atoms with Gasteiger partial charge in [-0.3, -0.25) is 0 Å². The third kappa shape index (κ3) is 8.45. The summed E-state index contributed by atoms with van der Waals surface area (Å²) in [7, 11) is -3.49. The standard InChI is InChI=1S/C26H48O2Si2/c1-22(20-21-27-29(8,9)25(2,3)4)16-15-19-24(23-17-13-12-14-18-23)28-30(10,11)26(5,6)7/h12-18,22,24H,19-21H2,1-11H3/b16-15-/t22-,24+/m0/s1. The molecule has 0 N–H and O–H groups in total. The Labute approximate surface area is 189 Å². The van der Waals surface area contributed by atoms with Crippen molar-refractivity contribution in [2.45, 2.75) is 104 Å². The molecule has 1 rings (SSSR count). The molecule has 30 heavy (non-hydrogen) atoms. The molecule has 1 aromatic rings. The van der Waals surface area contributed by atoms with Gasteiger partial charge in [-0.15, -0.1) is 0 Å². The second kappa shape index (κ2) is 10.8. The molecule has 0 spiro atoms. The Balaban J connectivity index is 2.71. The predicted octanol–water partition coefficient (Wildman–Crippen LogP) is 8.74. The minimum Gasteiger partial charge on any atom is -0.417 e. The fourth-order valence-corrected chi connectivity index (χ4v) is 5.06. The van der Waals surface area contributed by atoms with Crippen LogP contribution in [-0.2, 0) is 8.85 Å². The summed E-state index contributed by atoms with van der Waals surface area (Å²) in [5.74, 6) is 0.513. The minimum atomic E-state index is -1.84. The second-order valence-electron chi connectivity index (χ2n) is 11.8. The van der Waals surface area contributed by atoms with Crippen LogP contribution in [0.1, 0.15) is 73.0 Å². The van der Waals surface area contributed by atoms with Crippen molar-refractivity contribution in [2.75, 3.05) is 6.61 Å². The van der Waals surface area contributed by atoms with E-state index < -0.39 is 16.6 Å². The molecule has 0 heterocycles. The first-order valence-corrected chi connectivity index (χ1v) is 17.4. The monoisotopic (exact) mass is 448 g/mol. The van der Waals surface area contributed by atoms with E-state index in [0.717, 1.165) is 19.4 Å². The third-order valence-corrected chi connectivity index (χ3v) is 16.1. The van der Waals surface area contributed by atoms with Crippen LogP contribution in [-0.4, -0.2) is 23.2 Å². The van der Waals surface area contributed by atoms with Crippen LogP contribution in [0.25, 0.3) is 0 Å². The number of rotatable bonds is 10. The van der Waals surface area contributed by atoms with Crippen LogP contribution in [0, 0.1) is 5.92 Å². The van der Waals surface area contributed by atoms with Crippen molar-refractivity contribution in [1.82, 2.24) is 0 Å². The van der Waals surface area contributed by atoms with Crippen LogP contribution < -0.4 is 0 Å². The quantitative estimate of drug-likeness (QED) is 0.263. The molecule has 0 aliphatic heterocycles. The first kappa shape index (κ1) is 27.3. The van der Waals surface area contributed by atoms with E-state index in [1.807, 2.05) is 0 Å². The van der Waals surface area contributed by atoms with Crippen molar-refractivity contribution in [2.24, 2.45) is 5.92 Å². The van der Waals surface area contributed by atoms with Crippen LogP contribution in [0.5, 0.6) is 0 Å².